The molecule has 8 nitrogen and oxygen atoms in total. The standard InChI is InChI=1S/C34H28N4O4/c35-31-34(32(36)38-33(41)37-31)25(27(39)21-13-5-1-6-14-21)29(23-17-9-3-10-18-23)42-30(24-19-11-4-12-20-24)26(34)28(40)22-15-7-2-8-16-22/h1-20,25-26,29-30H,(H4,35,36,37,38,41)/t25-,26+,29-,30+. The maximum Gasteiger partial charge on any atom is 0.370 e. The summed E-state index contributed by atoms with van der Waals surface area (Å²) < 4.78 is 6.87. The first-order valence-electron chi connectivity index (χ1n) is 13.6. The number of ether oxygens (including phenoxy) is 1. The van der Waals surface area contributed by atoms with Crippen LogP contribution >= 0.6 is 0 Å². The van der Waals surface area contributed by atoms with Gasteiger partial charge in [-0.2, -0.15) is 9.98 Å². The van der Waals surface area contributed by atoms with Crippen LogP contribution in [0, 0.1) is 17.3 Å². The number of aliphatic imine (C=N–C) groups is 2. The molecule has 2 amide bonds. The fourth-order valence-electron chi connectivity index (χ4n) is 6.25. The van der Waals surface area contributed by atoms with Crippen LogP contribution in [0.5, 0.6) is 0 Å². The van der Waals surface area contributed by atoms with Gasteiger partial charge in [0.1, 0.15) is 17.1 Å². The molecule has 0 saturated carbocycles. The van der Waals surface area contributed by atoms with E-state index in [1.54, 1.807) is 60.7 Å². The molecule has 0 unspecified atom stereocenters. The first-order valence-corrected chi connectivity index (χ1v) is 13.6. The third kappa shape index (κ3) is 4.42. The molecule has 6 rings (SSSR count). The molecule has 2 aliphatic heterocycles. The summed E-state index contributed by atoms with van der Waals surface area (Å²) in [7, 11) is 0. The number of nitrogens with zero attached hydrogens (tertiary/aromatic N) is 2. The van der Waals surface area contributed by atoms with Crippen molar-refractivity contribution in [3.05, 3.63) is 144 Å². The normalized spacial score (nSPS) is 23.1. The van der Waals surface area contributed by atoms with Crippen molar-refractivity contribution in [3.8, 4) is 0 Å². The van der Waals surface area contributed by atoms with Gasteiger partial charge in [-0.1, -0.05) is 121 Å². The Labute approximate surface area is 242 Å². The Kier molecular flexibility index (Phi) is 7.06. The van der Waals surface area contributed by atoms with E-state index >= 15 is 0 Å². The summed E-state index contributed by atoms with van der Waals surface area (Å²) in [5.41, 5.74) is 13.7. The molecule has 1 saturated heterocycles. The molecule has 4 aromatic rings. The van der Waals surface area contributed by atoms with Gasteiger partial charge in [0, 0.05) is 11.1 Å². The molecule has 4 aromatic carbocycles. The summed E-state index contributed by atoms with van der Waals surface area (Å²) in [4.78, 5) is 50.0. The largest absolute Gasteiger partial charge is 0.386 e. The average Bonchev–Trinajstić information content (AvgIpc) is 3.04. The number of hydrogen-bond acceptors (Lipinski definition) is 6. The van der Waals surface area contributed by atoms with Crippen molar-refractivity contribution in [3.63, 3.8) is 0 Å². The van der Waals surface area contributed by atoms with Crippen molar-refractivity contribution >= 4 is 29.3 Å². The first kappa shape index (κ1) is 27.0. The molecule has 1 fully saturated rings. The predicted octanol–water partition coefficient (Wildman–Crippen LogP) is 5.33. The topological polar surface area (TPSA) is 137 Å². The molecule has 0 aliphatic carbocycles. The van der Waals surface area contributed by atoms with E-state index < -0.39 is 35.5 Å². The Balaban J connectivity index is 1.69. The summed E-state index contributed by atoms with van der Waals surface area (Å²) in [5, 5.41) is 0. The number of benzene rings is 4. The van der Waals surface area contributed by atoms with E-state index in [1.165, 1.54) is 0 Å². The van der Waals surface area contributed by atoms with E-state index in [-0.39, 0.29) is 23.2 Å². The quantitative estimate of drug-likeness (QED) is 0.308. The van der Waals surface area contributed by atoms with E-state index in [2.05, 4.69) is 9.98 Å². The molecular formula is C34H28N4O4. The zero-order valence-corrected chi connectivity index (χ0v) is 22.5. The van der Waals surface area contributed by atoms with Crippen LogP contribution in [-0.4, -0.2) is 29.3 Å². The minimum absolute atomic E-state index is 0.242. The van der Waals surface area contributed by atoms with E-state index in [9.17, 15) is 14.4 Å². The Morgan fingerprint density at radius 1 is 0.571 bits per heavy atom. The van der Waals surface area contributed by atoms with E-state index in [0.717, 1.165) is 0 Å². The van der Waals surface area contributed by atoms with Gasteiger partial charge in [-0.15, -0.1) is 0 Å². The summed E-state index contributed by atoms with van der Waals surface area (Å²) in [6.45, 7) is 0. The lowest BCUT2D eigenvalue weighted by Crippen LogP contribution is -2.67. The highest BCUT2D eigenvalue weighted by atomic mass is 16.5. The van der Waals surface area contributed by atoms with Crippen LogP contribution in [0.25, 0.3) is 0 Å². The second-order valence-corrected chi connectivity index (χ2v) is 10.4. The maximum atomic E-state index is 14.7. The number of Topliss-reactive ketones (excluding diaryl/α,β-unsaturated/α-hetero) is 2. The molecule has 4 atom stereocenters. The number of nitrogens with two attached hydrogens (primary N) is 2. The number of rotatable bonds is 6. The third-order valence-electron chi connectivity index (χ3n) is 8.10. The van der Waals surface area contributed by atoms with Crippen LogP contribution in [0.3, 0.4) is 0 Å². The van der Waals surface area contributed by atoms with E-state index in [0.29, 0.717) is 22.3 Å². The number of ketones is 2. The Morgan fingerprint density at radius 3 is 1.26 bits per heavy atom. The van der Waals surface area contributed by atoms with E-state index in [1.807, 2.05) is 60.7 Å². The molecule has 208 valence electrons. The van der Waals surface area contributed by atoms with Crippen molar-refractivity contribution in [1.29, 1.82) is 0 Å². The van der Waals surface area contributed by atoms with Gasteiger partial charge in [-0.25, -0.2) is 4.79 Å². The highest BCUT2D eigenvalue weighted by Crippen LogP contribution is 2.58. The van der Waals surface area contributed by atoms with Gasteiger partial charge in [0.05, 0.1) is 24.0 Å². The third-order valence-corrected chi connectivity index (χ3v) is 8.10. The lowest BCUT2D eigenvalue weighted by Gasteiger charge is -2.54. The van der Waals surface area contributed by atoms with Crippen molar-refractivity contribution in [1.82, 2.24) is 0 Å². The molecule has 0 radical (unpaired) electrons. The molecule has 2 heterocycles. The summed E-state index contributed by atoms with van der Waals surface area (Å²) in [6, 6.07) is 34.9. The number of urea groups is 1. The Bertz CT molecular complexity index is 1560. The smallest absolute Gasteiger partial charge is 0.370 e. The van der Waals surface area contributed by atoms with Gasteiger partial charge in [0.25, 0.3) is 0 Å². The molecule has 8 heteroatoms. The first-order chi connectivity index (χ1) is 20.4. The fraction of sp³-hybridized carbons (Fsp3) is 0.147. The lowest BCUT2D eigenvalue weighted by atomic mass is 9.54. The molecule has 42 heavy (non-hydrogen) atoms. The van der Waals surface area contributed by atoms with Crippen LogP contribution in [0.4, 0.5) is 4.79 Å². The van der Waals surface area contributed by atoms with Crippen LogP contribution in [-0.2, 0) is 4.74 Å². The molecule has 1 spiro atoms. The minimum atomic E-state index is -1.80. The Hall–Kier alpha value is -5.21. The van der Waals surface area contributed by atoms with Crippen molar-refractivity contribution in [2.45, 2.75) is 12.2 Å². The van der Waals surface area contributed by atoms with Gasteiger partial charge >= 0.3 is 6.03 Å². The van der Waals surface area contributed by atoms with Gasteiger partial charge in [-0.3, -0.25) is 9.59 Å². The van der Waals surface area contributed by atoms with E-state index in [4.69, 9.17) is 16.2 Å². The van der Waals surface area contributed by atoms with Crippen LogP contribution in [0.15, 0.2) is 131 Å². The molecule has 4 N–H and O–H groups in total. The number of carbonyl (C=O) groups is 3. The number of hydrogen-bond donors (Lipinski definition) is 2. The van der Waals surface area contributed by atoms with Gasteiger partial charge < -0.3 is 16.2 Å². The predicted molar refractivity (Wildman–Crippen MR) is 159 cm³/mol. The number of carbonyl (C=O) groups excluding carboxylic acids is 3. The molecule has 2 aliphatic rings. The maximum absolute atomic E-state index is 14.7. The molecule has 0 bridgehead atoms. The SMILES string of the molecule is NC1=NC(=O)N=C(N)C12[C@H](C(=O)c1ccccc1)[C@@H](c1ccccc1)O[C@@H](c1ccccc1)[C@@H]2C(=O)c1ccccc1. The second-order valence-electron chi connectivity index (χ2n) is 10.4. The monoisotopic (exact) mass is 556 g/mol. The van der Waals surface area contributed by atoms with Crippen molar-refractivity contribution < 1.29 is 19.1 Å². The van der Waals surface area contributed by atoms with Gasteiger partial charge in [-0.05, 0) is 11.1 Å². The second kappa shape index (κ2) is 11.0. The minimum Gasteiger partial charge on any atom is -0.386 e. The Morgan fingerprint density at radius 2 is 0.905 bits per heavy atom. The average molecular weight is 557 g/mol. The summed E-state index contributed by atoms with van der Waals surface area (Å²) in [5.74, 6) is -3.61. The van der Waals surface area contributed by atoms with Crippen molar-refractivity contribution in [2.24, 2.45) is 38.7 Å². The zero-order chi connectivity index (χ0) is 29.3. The lowest BCUT2D eigenvalue weighted by molar-refractivity contribution is -0.128. The zero-order valence-electron chi connectivity index (χ0n) is 22.5. The summed E-state index contributed by atoms with van der Waals surface area (Å²) >= 11 is 0. The van der Waals surface area contributed by atoms with Crippen LogP contribution < -0.4 is 11.5 Å². The highest BCUT2D eigenvalue weighted by molar-refractivity contribution is 6.24. The molecule has 0 aromatic heterocycles. The van der Waals surface area contributed by atoms with Crippen LogP contribution in [0.2, 0.25) is 0 Å². The van der Waals surface area contributed by atoms with Gasteiger partial charge in [0.2, 0.25) is 0 Å². The summed E-state index contributed by atoms with van der Waals surface area (Å²) in [6.07, 6.45) is -1.86. The molecular weight excluding hydrogens is 528 g/mol. The van der Waals surface area contributed by atoms with Crippen molar-refractivity contribution in [2.75, 3.05) is 0 Å². The van der Waals surface area contributed by atoms with Gasteiger partial charge in [0.15, 0.2) is 11.6 Å². The highest BCUT2D eigenvalue weighted by Gasteiger charge is 2.67. The fourth-order valence-corrected chi connectivity index (χ4v) is 6.25. The number of amides is 2. The number of amidine groups is 2. The van der Waals surface area contributed by atoms with Crippen LogP contribution in [0.1, 0.15) is 44.1 Å².